The highest BCUT2D eigenvalue weighted by Gasteiger charge is 2.28. The van der Waals surface area contributed by atoms with Gasteiger partial charge in [0.25, 0.3) is 5.91 Å². The predicted octanol–water partition coefficient (Wildman–Crippen LogP) is 0.764. The van der Waals surface area contributed by atoms with Crippen LogP contribution in [0.2, 0.25) is 0 Å². The van der Waals surface area contributed by atoms with Crippen molar-refractivity contribution in [1.29, 1.82) is 0 Å². The minimum absolute atomic E-state index is 0.00230. The minimum Gasteiger partial charge on any atom is -0.338 e. The van der Waals surface area contributed by atoms with Gasteiger partial charge in [0, 0.05) is 33.2 Å². The summed E-state index contributed by atoms with van der Waals surface area (Å²) < 4.78 is 1.75. The number of rotatable bonds is 3. The molecule has 1 saturated heterocycles. The normalized spacial score (nSPS) is 17.0. The molecular weight excluding hydrogens is 288 g/mol. The first-order chi connectivity index (χ1) is 9.95. The number of hydrogen-bond acceptors (Lipinski definition) is 4. The number of piperazine rings is 1. The van der Waals surface area contributed by atoms with Gasteiger partial charge in [-0.05, 0) is 20.1 Å². The number of carbonyl (C=O) groups is 2. The van der Waals surface area contributed by atoms with Crippen molar-refractivity contribution in [2.24, 2.45) is 7.05 Å². The standard InChI is InChI=1S/C14H22N4O2S/c1-10-12(16(3)9-15-10)14(20)18-7-5-17(6-8-18)13(19)11(2)21-4/h9,11H,5-8H2,1-4H3. The van der Waals surface area contributed by atoms with E-state index in [9.17, 15) is 9.59 Å². The first-order valence-corrected chi connectivity index (χ1v) is 8.33. The minimum atomic E-state index is -0.0217. The van der Waals surface area contributed by atoms with Crippen molar-refractivity contribution in [1.82, 2.24) is 19.4 Å². The summed E-state index contributed by atoms with van der Waals surface area (Å²) in [5.74, 6) is 0.156. The van der Waals surface area contributed by atoms with Crippen LogP contribution < -0.4 is 0 Å². The lowest BCUT2D eigenvalue weighted by molar-refractivity contribution is -0.131. The van der Waals surface area contributed by atoms with E-state index in [4.69, 9.17) is 0 Å². The van der Waals surface area contributed by atoms with Crippen LogP contribution in [-0.2, 0) is 11.8 Å². The maximum Gasteiger partial charge on any atom is 0.272 e. The van der Waals surface area contributed by atoms with E-state index in [2.05, 4.69) is 4.98 Å². The molecule has 1 aromatic heterocycles. The summed E-state index contributed by atoms with van der Waals surface area (Å²) in [5, 5.41) is -0.0217. The van der Waals surface area contributed by atoms with Crippen molar-refractivity contribution in [3.63, 3.8) is 0 Å². The Morgan fingerprint density at radius 1 is 1.24 bits per heavy atom. The molecule has 0 aromatic carbocycles. The largest absolute Gasteiger partial charge is 0.338 e. The Balaban J connectivity index is 1.98. The van der Waals surface area contributed by atoms with E-state index in [0.29, 0.717) is 31.9 Å². The molecular formula is C14H22N4O2S. The van der Waals surface area contributed by atoms with Gasteiger partial charge in [-0.1, -0.05) is 0 Å². The van der Waals surface area contributed by atoms with E-state index in [1.54, 1.807) is 27.6 Å². The van der Waals surface area contributed by atoms with Gasteiger partial charge in [0.2, 0.25) is 5.91 Å². The fourth-order valence-corrected chi connectivity index (χ4v) is 2.84. The van der Waals surface area contributed by atoms with E-state index >= 15 is 0 Å². The highest BCUT2D eigenvalue weighted by Crippen LogP contribution is 2.14. The van der Waals surface area contributed by atoms with Gasteiger partial charge in [-0.25, -0.2) is 4.98 Å². The average Bonchev–Trinajstić information content (AvgIpc) is 2.84. The fourth-order valence-electron chi connectivity index (χ4n) is 2.49. The highest BCUT2D eigenvalue weighted by atomic mass is 32.2. The summed E-state index contributed by atoms with van der Waals surface area (Å²) in [5.41, 5.74) is 1.38. The van der Waals surface area contributed by atoms with Gasteiger partial charge < -0.3 is 14.4 Å². The molecule has 0 N–H and O–H groups in total. The summed E-state index contributed by atoms with van der Waals surface area (Å²) >= 11 is 1.55. The molecule has 1 fully saturated rings. The first-order valence-electron chi connectivity index (χ1n) is 7.04. The molecule has 116 valence electrons. The second-order valence-corrected chi connectivity index (χ2v) is 6.46. The van der Waals surface area contributed by atoms with Crippen LogP contribution in [0.3, 0.4) is 0 Å². The van der Waals surface area contributed by atoms with Crippen molar-refractivity contribution in [3.05, 3.63) is 17.7 Å². The number of carbonyl (C=O) groups excluding carboxylic acids is 2. The third-order valence-electron chi connectivity index (χ3n) is 3.90. The Bertz CT molecular complexity index is 516. The van der Waals surface area contributed by atoms with Crippen molar-refractivity contribution < 1.29 is 9.59 Å². The SMILES string of the molecule is CSC(C)C(=O)N1CCN(C(=O)c2c(C)ncn2C)CC1. The Kier molecular flexibility index (Phi) is 4.92. The number of nitrogens with zero attached hydrogens (tertiary/aromatic N) is 4. The Hall–Kier alpha value is -1.50. The van der Waals surface area contributed by atoms with E-state index in [-0.39, 0.29) is 17.1 Å². The van der Waals surface area contributed by atoms with Crippen LogP contribution in [0, 0.1) is 6.92 Å². The molecule has 0 radical (unpaired) electrons. The lowest BCUT2D eigenvalue weighted by atomic mass is 10.2. The zero-order valence-corrected chi connectivity index (χ0v) is 13.8. The van der Waals surface area contributed by atoms with Gasteiger partial charge in [0.05, 0.1) is 17.3 Å². The summed E-state index contributed by atoms with van der Waals surface area (Å²) in [4.78, 5) is 32.5. The van der Waals surface area contributed by atoms with Crippen molar-refractivity contribution in [2.75, 3.05) is 32.4 Å². The van der Waals surface area contributed by atoms with E-state index < -0.39 is 0 Å². The third kappa shape index (κ3) is 3.23. The monoisotopic (exact) mass is 310 g/mol. The molecule has 6 nitrogen and oxygen atoms in total. The third-order valence-corrected chi connectivity index (χ3v) is 4.81. The first kappa shape index (κ1) is 15.9. The number of hydrogen-bond donors (Lipinski definition) is 0. The second kappa shape index (κ2) is 6.51. The van der Waals surface area contributed by atoms with Crippen LogP contribution in [0.1, 0.15) is 23.1 Å². The molecule has 0 spiro atoms. The summed E-state index contributed by atoms with van der Waals surface area (Å²) in [6.07, 6.45) is 3.59. The summed E-state index contributed by atoms with van der Waals surface area (Å²) in [6.45, 7) is 6.13. The molecule has 0 aliphatic carbocycles. The molecule has 1 aliphatic rings. The van der Waals surface area contributed by atoms with Gasteiger partial charge in [-0.15, -0.1) is 0 Å². The Labute approximate surface area is 129 Å². The van der Waals surface area contributed by atoms with Crippen LogP contribution in [0.15, 0.2) is 6.33 Å². The number of amides is 2. The smallest absolute Gasteiger partial charge is 0.272 e. The van der Waals surface area contributed by atoms with Gasteiger partial charge >= 0.3 is 0 Å². The fraction of sp³-hybridized carbons (Fsp3) is 0.643. The molecule has 2 amide bonds. The van der Waals surface area contributed by atoms with Crippen LogP contribution >= 0.6 is 11.8 Å². The van der Waals surface area contributed by atoms with Crippen LogP contribution in [0.5, 0.6) is 0 Å². The topological polar surface area (TPSA) is 58.4 Å². The van der Waals surface area contributed by atoms with Gasteiger partial charge in [0.15, 0.2) is 0 Å². The molecule has 0 bridgehead atoms. The van der Waals surface area contributed by atoms with Gasteiger partial charge in [-0.3, -0.25) is 9.59 Å². The van der Waals surface area contributed by atoms with Gasteiger partial charge in [-0.2, -0.15) is 11.8 Å². The lowest BCUT2D eigenvalue weighted by Gasteiger charge is -2.35. The van der Waals surface area contributed by atoms with Crippen molar-refractivity contribution >= 4 is 23.6 Å². The van der Waals surface area contributed by atoms with Gasteiger partial charge in [0.1, 0.15) is 5.69 Å². The second-order valence-electron chi connectivity index (χ2n) is 5.28. The van der Waals surface area contributed by atoms with Crippen LogP contribution in [0.25, 0.3) is 0 Å². The average molecular weight is 310 g/mol. The van der Waals surface area contributed by atoms with Crippen LogP contribution in [-0.4, -0.2) is 68.8 Å². The number of imidazole rings is 1. The summed E-state index contributed by atoms with van der Waals surface area (Å²) in [6, 6.07) is 0. The molecule has 7 heteroatoms. The van der Waals surface area contributed by atoms with Crippen LogP contribution in [0.4, 0.5) is 0 Å². The zero-order chi connectivity index (χ0) is 15.6. The summed E-state index contributed by atoms with van der Waals surface area (Å²) in [7, 11) is 1.83. The lowest BCUT2D eigenvalue weighted by Crippen LogP contribution is -2.52. The Morgan fingerprint density at radius 2 is 1.81 bits per heavy atom. The van der Waals surface area contributed by atoms with Crippen molar-refractivity contribution in [3.8, 4) is 0 Å². The molecule has 1 aromatic rings. The quantitative estimate of drug-likeness (QED) is 0.827. The predicted molar refractivity (Wildman–Crippen MR) is 83.4 cm³/mol. The molecule has 2 rings (SSSR count). The number of thioether (sulfide) groups is 1. The number of aryl methyl sites for hydroxylation is 2. The molecule has 0 saturated carbocycles. The molecule has 21 heavy (non-hydrogen) atoms. The number of aromatic nitrogens is 2. The van der Waals surface area contributed by atoms with E-state index in [1.807, 2.05) is 32.1 Å². The maximum atomic E-state index is 12.5. The molecule has 1 unspecified atom stereocenters. The molecule has 1 aliphatic heterocycles. The van der Waals surface area contributed by atoms with E-state index in [0.717, 1.165) is 5.69 Å². The van der Waals surface area contributed by atoms with E-state index in [1.165, 1.54) is 0 Å². The Morgan fingerprint density at radius 3 is 2.29 bits per heavy atom. The highest BCUT2D eigenvalue weighted by molar-refractivity contribution is 7.99. The molecule has 2 heterocycles. The van der Waals surface area contributed by atoms with Crippen molar-refractivity contribution in [2.45, 2.75) is 19.1 Å². The molecule has 1 atom stereocenters. The zero-order valence-electron chi connectivity index (χ0n) is 13.0. The maximum absolute atomic E-state index is 12.5.